The Kier molecular flexibility index (Phi) is 3.15. The monoisotopic (exact) mass is 256 g/mol. The normalized spacial score (nSPS) is 21.6. The highest BCUT2D eigenvalue weighted by Crippen LogP contribution is 2.37. The lowest BCUT2D eigenvalue weighted by molar-refractivity contribution is 0.122. The first-order valence-corrected chi connectivity index (χ1v) is 6.98. The first-order chi connectivity index (χ1) is 9.19. The Morgan fingerprint density at radius 2 is 2.16 bits per heavy atom. The molecule has 0 amide bonds. The molecule has 2 unspecified atom stereocenters. The van der Waals surface area contributed by atoms with Gasteiger partial charge in [-0.15, -0.1) is 0 Å². The second-order valence-corrected chi connectivity index (χ2v) is 5.40. The predicted molar refractivity (Wildman–Crippen MR) is 74.9 cm³/mol. The first-order valence-electron chi connectivity index (χ1n) is 6.98. The van der Waals surface area contributed by atoms with Crippen LogP contribution in [-0.4, -0.2) is 14.9 Å². The van der Waals surface area contributed by atoms with Crippen molar-refractivity contribution in [2.45, 2.75) is 39.3 Å². The third-order valence-electron chi connectivity index (χ3n) is 4.06. The van der Waals surface area contributed by atoms with Crippen LogP contribution in [0.2, 0.25) is 0 Å². The summed E-state index contributed by atoms with van der Waals surface area (Å²) in [4.78, 5) is 0. The van der Waals surface area contributed by atoms with E-state index in [1.807, 2.05) is 29.8 Å². The van der Waals surface area contributed by atoms with Gasteiger partial charge < -0.3 is 5.11 Å². The minimum atomic E-state index is -0.336. The summed E-state index contributed by atoms with van der Waals surface area (Å²) in [7, 11) is 0. The summed E-state index contributed by atoms with van der Waals surface area (Å²) in [6.45, 7) is 5.02. The molecule has 3 rings (SSSR count). The van der Waals surface area contributed by atoms with Crippen LogP contribution in [0.15, 0.2) is 30.3 Å². The smallest absolute Gasteiger partial charge is 0.0827 e. The largest absolute Gasteiger partial charge is 0.388 e. The van der Waals surface area contributed by atoms with E-state index >= 15 is 0 Å². The topological polar surface area (TPSA) is 38.0 Å². The summed E-state index contributed by atoms with van der Waals surface area (Å²) >= 11 is 0. The third-order valence-corrected chi connectivity index (χ3v) is 4.06. The zero-order chi connectivity index (χ0) is 13.4. The van der Waals surface area contributed by atoms with Gasteiger partial charge in [0.15, 0.2) is 0 Å². The summed E-state index contributed by atoms with van der Waals surface area (Å²) in [5.74, 6) is 0.277. The average Bonchev–Trinajstić information content (AvgIpc) is 2.92. The number of rotatable bonds is 3. The summed E-state index contributed by atoms with van der Waals surface area (Å²) in [5, 5.41) is 14.9. The molecule has 0 bridgehead atoms. The summed E-state index contributed by atoms with van der Waals surface area (Å²) in [5.41, 5.74) is 4.68. The van der Waals surface area contributed by atoms with E-state index in [1.165, 1.54) is 11.3 Å². The molecule has 3 nitrogen and oxygen atoms in total. The van der Waals surface area contributed by atoms with Gasteiger partial charge in [-0.05, 0) is 49.8 Å². The molecule has 1 aliphatic carbocycles. The van der Waals surface area contributed by atoms with Crippen LogP contribution in [0.4, 0.5) is 0 Å². The molecule has 1 aliphatic rings. The van der Waals surface area contributed by atoms with E-state index in [1.54, 1.807) is 0 Å². The Bertz CT molecular complexity index is 588. The van der Waals surface area contributed by atoms with Crippen LogP contribution < -0.4 is 0 Å². The third kappa shape index (κ3) is 2.19. The maximum absolute atomic E-state index is 10.4. The number of hydrogen-bond donors (Lipinski definition) is 1. The molecule has 19 heavy (non-hydrogen) atoms. The number of aryl methyl sites for hydroxylation is 2. The summed E-state index contributed by atoms with van der Waals surface area (Å²) < 4.78 is 2.05. The van der Waals surface area contributed by atoms with Gasteiger partial charge in [-0.1, -0.05) is 24.3 Å². The van der Waals surface area contributed by atoms with Crippen molar-refractivity contribution in [2.75, 3.05) is 0 Å². The first kappa shape index (κ1) is 12.4. The molecular weight excluding hydrogens is 236 g/mol. The molecule has 0 fully saturated rings. The Morgan fingerprint density at radius 3 is 2.89 bits per heavy atom. The van der Waals surface area contributed by atoms with Gasteiger partial charge >= 0.3 is 0 Å². The van der Waals surface area contributed by atoms with E-state index in [0.29, 0.717) is 0 Å². The van der Waals surface area contributed by atoms with Gasteiger partial charge in [0.25, 0.3) is 0 Å². The maximum Gasteiger partial charge on any atom is 0.0827 e. The van der Waals surface area contributed by atoms with Gasteiger partial charge in [0.1, 0.15) is 0 Å². The van der Waals surface area contributed by atoms with E-state index in [4.69, 9.17) is 0 Å². The van der Waals surface area contributed by atoms with Crippen LogP contribution >= 0.6 is 0 Å². The Labute approximate surface area is 113 Å². The van der Waals surface area contributed by atoms with Crippen LogP contribution in [0.5, 0.6) is 0 Å². The van der Waals surface area contributed by atoms with E-state index in [-0.39, 0.29) is 12.0 Å². The van der Waals surface area contributed by atoms with Gasteiger partial charge in [-0.25, -0.2) is 0 Å². The second-order valence-electron chi connectivity index (χ2n) is 5.40. The molecule has 0 saturated carbocycles. The SMILES string of the molecule is CCn1nc(C)cc1CC1Cc2ccccc2C1O. The lowest BCUT2D eigenvalue weighted by Gasteiger charge is -2.15. The van der Waals surface area contributed by atoms with Crippen molar-refractivity contribution in [3.05, 3.63) is 52.8 Å². The van der Waals surface area contributed by atoms with E-state index in [0.717, 1.165) is 30.6 Å². The van der Waals surface area contributed by atoms with Crippen molar-refractivity contribution in [3.63, 3.8) is 0 Å². The van der Waals surface area contributed by atoms with Crippen molar-refractivity contribution >= 4 is 0 Å². The van der Waals surface area contributed by atoms with Gasteiger partial charge in [-0.2, -0.15) is 5.10 Å². The maximum atomic E-state index is 10.4. The molecule has 1 aromatic carbocycles. The zero-order valence-electron chi connectivity index (χ0n) is 11.5. The fourth-order valence-electron chi connectivity index (χ4n) is 3.15. The molecule has 100 valence electrons. The second kappa shape index (κ2) is 4.82. The van der Waals surface area contributed by atoms with Crippen LogP contribution in [0.25, 0.3) is 0 Å². The highest BCUT2D eigenvalue weighted by molar-refractivity contribution is 5.35. The van der Waals surface area contributed by atoms with Crippen molar-refractivity contribution in [2.24, 2.45) is 5.92 Å². The Balaban J connectivity index is 1.82. The lowest BCUT2D eigenvalue weighted by Crippen LogP contribution is -2.14. The molecule has 2 aromatic rings. The average molecular weight is 256 g/mol. The van der Waals surface area contributed by atoms with E-state index in [2.05, 4.69) is 24.2 Å². The lowest BCUT2D eigenvalue weighted by atomic mass is 9.97. The molecule has 0 radical (unpaired) electrons. The van der Waals surface area contributed by atoms with Crippen molar-refractivity contribution in [1.82, 2.24) is 9.78 Å². The predicted octanol–water partition coefficient (Wildman–Crippen LogP) is 2.66. The quantitative estimate of drug-likeness (QED) is 0.916. The highest BCUT2D eigenvalue weighted by Gasteiger charge is 2.31. The Hall–Kier alpha value is -1.61. The molecule has 1 N–H and O–H groups in total. The minimum Gasteiger partial charge on any atom is -0.388 e. The number of aliphatic hydroxyl groups is 1. The van der Waals surface area contributed by atoms with Crippen LogP contribution in [0, 0.1) is 12.8 Å². The number of fused-ring (bicyclic) bond motifs is 1. The number of hydrogen-bond acceptors (Lipinski definition) is 2. The van der Waals surface area contributed by atoms with Gasteiger partial charge in [-0.3, -0.25) is 4.68 Å². The Morgan fingerprint density at radius 1 is 1.37 bits per heavy atom. The van der Waals surface area contributed by atoms with Crippen LogP contribution in [0.3, 0.4) is 0 Å². The molecule has 2 atom stereocenters. The minimum absolute atomic E-state index is 0.277. The van der Waals surface area contributed by atoms with E-state index in [9.17, 15) is 5.11 Å². The molecular formula is C16H20N2O. The highest BCUT2D eigenvalue weighted by atomic mass is 16.3. The fourth-order valence-corrected chi connectivity index (χ4v) is 3.15. The van der Waals surface area contributed by atoms with Crippen LogP contribution in [-0.2, 0) is 19.4 Å². The van der Waals surface area contributed by atoms with Gasteiger partial charge in [0, 0.05) is 12.2 Å². The number of aromatic nitrogens is 2. The van der Waals surface area contributed by atoms with Gasteiger partial charge in [0.05, 0.1) is 11.8 Å². The zero-order valence-corrected chi connectivity index (χ0v) is 11.5. The van der Waals surface area contributed by atoms with Crippen molar-refractivity contribution in [1.29, 1.82) is 0 Å². The molecule has 0 saturated heterocycles. The van der Waals surface area contributed by atoms with Gasteiger partial charge in [0.2, 0.25) is 0 Å². The molecule has 3 heteroatoms. The summed E-state index contributed by atoms with van der Waals surface area (Å²) in [6, 6.07) is 10.4. The van der Waals surface area contributed by atoms with E-state index < -0.39 is 0 Å². The summed E-state index contributed by atoms with van der Waals surface area (Å²) in [6.07, 6.45) is 1.52. The standard InChI is InChI=1S/C16H20N2O/c1-3-18-14(8-11(2)17-18)10-13-9-12-6-4-5-7-15(12)16(13)19/h4-8,13,16,19H,3,9-10H2,1-2H3. The van der Waals surface area contributed by atoms with Crippen LogP contribution in [0.1, 0.15) is 35.5 Å². The number of nitrogens with zero attached hydrogens (tertiary/aromatic N) is 2. The molecule has 1 aromatic heterocycles. The van der Waals surface area contributed by atoms with Crippen molar-refractivity contribution in [3.8, 4) is 0 Å². The molecule has 0 aliphatic heterocycles. The molecule has 1 heterocycles. The van der Waals surface area contributed by atoms with Crippen molar-refractivity contribution < 1.29 is 5.11 Å². The number of aliphatic hydroxyl groups excluding tert-OH is 1. The fraction of sp³-hybridized carbons (Fsp3) is 0.438. The molecule has 0 spiro atoms. The number of benzene rings is 1.